The maximum absolute atomic E-state index is 11.9. The largest absolute Gasteiger partial charge is 0.395 e. The second kappa shape index (κ2) is 6.24. The minimum atomic E-state index is -3.30. The second-order valence-corrected chi connectivity index (χ2v) is 7.32. The second-order valence-electron chi connectivity index (χ2n) is 5.39. The van der Waals surface area contributed by atoms with Gasteiger partial charge < -0.3 is 5.11 Å². The minimum Gasteiger partial charge on any atom is -0.395 e. The van der Waals surface area contributed by atoms with E-state index >= 15 is 0 Å². The average molecular weight is 297 g/mol. The zero-order valence-corrected chi connectivity index (χ0v) is 13.0. The molecule has 0 amide bonds. The summed E-state index contributed by atoms with van der Waals surface area (Å²) in [5, 5.41) is 9.14. The first-order valence-electron chi connectivity index (χ1n) is 7.17. The van der Waals surface area contributed by atoms with Crippen molar-refractivity contribution in [3.8, 4) is 0 Å². The number of aliphatic hydroxyl groups is 1. The van der Waals surface area contributed by atoms with E-state index < -0.39 is 10.0 Å². The van der Waals surface area contributed by atoms with Gasteiger partial charge in [0, 0.05) is 6.54 Å². The van der Waals surface area contributed by atoms with Crippen LogP contribution in [0.15, 0.2) is 18.2 Å². The lowest BCUT2D eigenvalue weighted by Crippen LogP contribution is -2.35. The van der Waals surface area contributed by atoms with Gasteiger partial charge in [0.1, 0.15) is 0 Å². The Morgan fingerprint density at radius 1 is 1.40 bits per heavy atom. The van der Waals surface area contributed by atoms with Crippen molar-refractivity contribution in [3.63, 3.8) is 0 Å². The summed E-state index contributed by atoms with van der Waals surface area (Å²) >= 11 is 0. The molecule has 0 saturated heterocycles. The molecule has 0 heterocycles. The van der Waals surface area contributed by atoms with Gasteiger partial charge in [-0.25, -0.2) is 8.42 Å². The van der Waals surface area contributed by atoms with Crippen LogP contribution in [0.4, 0.5) is 0 Å². The topological polar surface area (TPSA) is 57.6 Å². The molecule has 0 fully saturated rings. The third kappa shape index (κ3) is 3.05. The summed E-state index contributed by atoms with van der Waals surface area (Å²) in [5.74, 6) is 0. The van der Waals surface area contributed by atoms with Crippen molar-refractivity contribution in [2.75, 3.05) is 19.4 Å². The summed E-state index contributed by atoms with van der Waals surface area (Å²) < 4.78 is 25.3. The Bertz CT molecular complexity index is 568. The number of benzene rings is 1. The molecule has 0 aliphatic heterocycles. The minimum absolute atomic E-state index is 0.121. The molecule has 2 rings (SSSR count). The molecule has 1 N–H and O–H groups in total. The molecule has 0 spiro atoms. The summed E-state index contributed by atoms with van der Waals surface area (Å²) in [5.41, 5.74) is 3.77. The number of hydrogen-bond donors (Lipinski definition) is 1. The number of sulfonamides is 1. The molecule has 0 radical (unpaired) electrons. The van der Waals surface area contributed by atoms with Crippen LogP contribution in [0.25, 0.3) is 0 Å². The van der Waals surface area contributed by atoms with Gasteiger partial charge in [-0.2, -0.15) is 4.31 Å². The Balaban J connectivity index is 2.37. The molecule has 1 aliphatic rings. The van der Waals surface area contributed by atoms with Gasteiger partial charge >= 0.3 is 0 Å². The summed E-state index contributed by atoms with van der Waals surface area (Å²) in [4.78, 5) is 0. The van der Waals surface area contributed by atoms with Crippen molar-refractivity contribution in [2.45, 2.75) is 38.6 Å². The van der Waals surface area contributed by atoms with E-state index in [9.17, 15) is 8.42 Å². The fourth-order valence-corrected chi connectivity index (χ4v) is 4.26. The fourth-order valence-electron chi connectivity index (χ4n) is 3.16. The highest BCUT2D eigenvalue weighted by atomic mass is 32.2. The molecule has 1 aromatic carbocycles. The number of nitrogens with zero attached hydrogens (tertiary/aromatic N) is 1. The standard InChI is InChI=1S/C15H23NO3S/c1-3-5-12-6-4-7-14-13(12)8-9-15(14)16(10-11-17)20(2,18)19/h4,6-7,15,17H,3,5,8-11H2,1-2H3. The van der Waals surface area contributed by atoms with Crippen LogP contribution in [0.5, 0.6) is 0 Å². The first-order chi connectivity index (χ1) is 9.49. The van der Waals surface area contributed by atoms with Gasteiger partial charge in [-0.15, -0.1) is 0 Å². The van der Waals surface area contributed by atoms with Gasteiger partial charge in [0.2, 0.25) is 10.0 Å². The molecule has 112 valence electrons. The van der Waals surface area contributed by atoms with Crippen LogP contribution in [0.1, 0.15) is 42.5 Å². The van der Waals surface area contributed by atoms with E-state index in [2.05, 4.69) is 13.0 Å². The highest BCUT2D eigenvalue weighted by molar-refractivity contribution is 7.88. The zero-order chi connectivity index (χ0) is 14.8. The van der Waals surface area contributed by atoms with E-state index in [1.165, 1.54) is 21.7 Å². The molecule has 20 heavy (non-hydrogen) atoms. The number of hydrogen-bond acceptors (Lipinski definition) is 3. The molecular weight excluding hydrogens is 274 g/mol. The molecule has 1 atom stereocenters. The van der Waals surface area contributed by atoms with Gasteiger partial charge in [0.05, 0.1) is 18.9 Å². The maximum Gasteiger partial charge on any atom is 0.211 e. The Labute approximate surface area is 121 Å². The number of fused-ring (bicyclic) bond motifs is 1. The monoisotopic (exact) mass is 297 g/mol. The van der Waals surface area contributed by atoms with Crippen molar-refractivity contribution < 1.29 is 13.5 Å². The van der Waals surface area contributed by atoms with E-state index in [1.54, 1.807) is 0 Å². The van der Waals surface area contributed by atoms with E-state index in [4.69, 9.17) is 5.11 Å². The molecule has 1 aromatic rings. The Kier molecular flexibility index (Phi) is 4.83. The highest BCUT2D eigenvalue weighted by Gasteiger charge is 2.33. The molecule has 1 unspecified atom stereocenters. The lowest BCUT2D eigenvalue weighted by atomic mass is 9.99. The number of aliphatic hydroxyl groups excluding tert-OH is 1. The number of rotatable bonds is 6. The van der Waals surface area contributed by atoms with Crippen molar-refractivity contribution in [1.82, 2.24) is 4.31 Å². The third-order valence-corrected chi connectivity index (χ3v) is 5.24. The van der Waals surface area contributed by atoms with Crippen LogP contribution in [-0.4, -0.2) is 37.2 Å². The predicted octanol–water partition coefficient (Wildman–Crippen LogP) is 1.88. The van der Waals surface area contributed by atoms with Gasteiger partial charge in [0.25, 0.3) is 0 Å². The van der Waals surface area contributed by atoms with Crippen LogP contribution in [0, 0.1) is 0 Å². The van der Waals surface area contributed by atoms with E-state index in [0.29, 0.717) is 0 Å². The summed E-state index contributed by atoms with van der Waals surface area (Å²) in [7, 11) is -3.30. The van der Waals surface area contributed by atoms with Gasteiger partial charge in [-0.05, 0) is 36.0 Å². The van der Waals surface area contributed by atoms with Crippen LogP contribution in [0.3, 0.4) is 0 Å². The van der Waals surface area contributed by atoms with Gasteiger partial charge in [-0.1, -0.05) is 31.5 Å². The maximum atomic E-state index is 11.9. The summed E-state index contributed by atoms with van der Waals surface area (Å²) in [6, 6.07) is 6.06. The molecule has 1 aliphatic carbocycles. The highest BCUT2D eigenvalue weighted by Crippen LogP contribution is 2.38. The fraction of sp³-hybridized carbons (Fsp3) is 0.600. The van der Waals surface area contributed by atoms with Crippen LogP contribution < -0.4 is 0 Å². The average Bonchev–Trinajstić information content (AvgIpc) is 2.79. The van der Waals surface area contributed by atoms with Crippen molar-refractivity contribution in [1.29, 1.82) is 0 Å². The summed E-state index contributed by atoms with van der Waals surface area (Å²) in [6.07, 6.45) is 5.08. The number of aryl methyl sites for hydroxylation is 1. The van der Waals surface area contributed by atoms with E-state index in [0.717, 1.165) is 31.2 Å². The lowest BCUT2D eigenvalue weighted by molar-refractivity contribution is 0.226. The first kappa shape index (κ1) is 15.5. The zero-order valence-electron chi connectivity index (χ0n) is 12.2. The van der Waals surface area contributed by atoms with E-state index in [1.807, 2.05) is 12.1 Å². The molecule has 0 bridgehead atoms. The van der Waals surface area contributed by atoms with Crippen molar-refractivity contribution in [3.05, 3.63) is 34.9 Å². The SMILES string of the molecule is CCCc1cccc2c1CCC2N(CCO)S(C)(=O)=O. The molecular formula is C15H23NO3S. The Hall–Kier alpha value is -0.910. The first-order valence-corrected chi connectivity index (χ1v) is 9.02. The van der Waals surface area contributed by atoms with Crippen LogP contribution in [0.2, 0.25) is 0 Å². The Morgan fingerprint density at radius 2 is 2.15 bits per heavy atom. The quantitative estimate of drug-likeness (QED) is 0.872. The molecule has 0 saturated carbocycles. The van der Waals surface area contributed by atoms with Crippen LogP contribution in [-0.2, 0) is 22.9 Å². The summed E-state index contributed by atoms with van der Waals surface area (Å²) in [6.45, 7) is 2.18. The molecule has 0 aromatic heterocycles. The van der Waals surface area contributed by atoms with Crippen LogP contribution >= 0.6 is 0 Å². The van der Waals surface area contributed by atoms with Gasteiger partial charge in [0.15, 0.2) is 0 Å². The predicted molar refractivity (Wildman–Crippen MR) is 80.1 cm³/mol. The molecule has 5 heteroatoms. The smallest absolute Gasteiger partial charge is 0.211 e. The van der Waals surface area contributed by atoms with Crippen molar-refractivity contribution in [2.24, 2.45) is 0 Å². The third-order valence-electron chi connectivity index (χ3n) is 3.95. The molecule has 4 nitrogen and oxygen atoms in total. The lowest BCUT2D eigenvalue weighted by Gasteiger charge is -2.26. The van der Waals surface area contributed by atoms with Gasteiger partial charge in [-0.3, -0.25) is 0 Å². The van der Waals surface area contributed by atoms with Crippen molar-refractivity contribution >= 4 is 10.0 Å². The van der Waals surface area contributed by atoms with E-state index in [-0.39, 0.29) is 19.2 Å². The Morgan fingerprint density at radius 3 is 2.75 bits per heavy atom. The normalized spacial score (nSPS) is 18.5.